The third-order valence-corrected chi connectivity index (χ3v) is 5.99. The molecule has 0 fully saturated rings. The number of benzene rings is 3. The topological polar surface area (TPSA) is 82.2 Å². The normalized spacial score (nSPS) is 10.4. The predicted octanol–water partition coefficient (Wildman–Crippen LogP) is 5.37. The average molecular weight is 511 g/mol. The van der Waals surface area contributed by atoms with Crippen LogP contribution in [0.3, 0.4) is 0 Å². The summed E-state index contributed by atoms with van der Waals surface area (Å²) in [6, 6.07) is 28.1. The van der Waals surface area contributed by atoms with Crippen LogP contribution in [-0.2, 0) is 6.54 Å². The fraction of sp³-hybridized carbons (Fsp3) is 0.133. The minimum absolute atomic E-state index is 0. The maximum absolute atomic E-state index is 13.0. The molecule has 2 aromatic heterocycles. The Morgan fingerprint density at radius 2 is 1.73 bits per heavy atom. The lowest BCUT2D eigenvalue weighted by Gasteiger charge is -2.13. The van der Waals surface area contributed by atoms with Crippen molar-refractivity contribution in [3.05, 3.63) is 96.2 Å². The summed E-state index contributed by atoms with van der Waals surface area (Å²) < 4.78 is 7.70. The van der Waals surface area contributed by atoms with Crippen molar-refractivity contribution < 1.29 is 9.53 Å². The molecule has 0 aliphatic heterocycles. The number of halogens is 1. The molecule has 6 nitrogen and oxygen atoms in total. The molecule has 0 aliphatic rings. The zero-order valence-electron chi connectivity index (χ0n) is 20.4. The van der Waals surface area contributed by atoms with Gasteiger partial charge in [0, 0.05) is 48.4 Å². The second kappa shape index (κ2) is 11.6. The molecule has 5 aromatic rings. The van der Waals surface area contributed by atoms with E-state index in [2.05, 4.69) is 46.2 Å². The van der Waals surface area contributed by atoms with Gasteiger partial charge in [0.15, 0.2) is 0 Å². The number of carbonyl (C=O) groups excluding carboxylic acids is 1. The van der Waals surface area contributed by atoms with Gasteiger partial charge < -0.3 is 20.4 Å². The van der Waals surface area contributed by atoms with Gasteiger partial charge in [-0.15, -0.1) is 12.4 Å². The Balaban J connectivity index is 0.00000320. The minimum Gasteiger partial charge on any atom is -0.408 e. The molecule has 0 spiro atoms. The molecule has 5 rings (SSSR count). The molecule has 0 saturated carbocycles. The monoisotopic (exact) mass is 510 g/mol. The lowest BCUT2D eigenvalue weighted by Crippen LogP contribution is -2.29. The number of nitrogens with zero attached hydrogens (tertiary/aromatic N) is 2. The number of rotatable bonds is 7. The zero-order valence-corrected chi connectivity index (χ0v) is 21.2. The van der Waals surface area contributed by atoms with E-state index in [1.807, 2.05) is 60.7 Å². The molecule has 186 valence electrons. The third-order valence-electron chi connectivity index (χ3n) is 5.99. The van der Waals surface area contributed by atoms with Crippen LogP contribution in [0.25, 0.3) is 33.1 Å². The van der Waals surface area contributed by atoms with Gasteiger partial charge in [0.1, 0.15) is 17.5 Å². The lowest BCUT2D eigenvalue weighted by atomic mass is 10.1. The standard InChI is InChI=1S/C30H26N4O2.ClH/c1-2-18-36-23-14-12-22(13-15-23)28-29-25(19-26(33-28)30(35)32-17-16-31)24-10-6-7-11-27(24)34(29)20-21-8-4-3-5-9-21;/h3-15,19H,16-17,20,31H2,1H3,(H,32,35);1H. The van der Waals surface area contributed by atoms with Crippen molar-refractivity contribution in [2.75, 3.05) is 13.1 Å². The number of para-hydroxylation sites is 1. The highest BCUT2D eigenvalue weighted by molar-refractivity contribution is 6.14. The number of hydrogen-bond acceptors (Lipinski definition) is 4. The quantitative estimate of drug-likeness (QED) is 0.288. The molecule has 0 bridgehead atoms. The lowest BCUT2D eigenvalue weighted by molar-refractivity contribution is 0.0950. The summed E-state index contributed by atoms with van der Waals surface area (Å²) in [6.07, 6.45) is 2.62. The molecule has 0 saturated heterocycles. The van der Waals surface area contributed by atoms with Gasteiger partial charge >= 0.3 is 0 Å². The van der Waals surface area contributed by atoms with Gasteiger partial charge in [0.05, 0.1) is 11.2 Å². The maximum Gasteiger partial charge on any atom is 0.269 e. The van der Waals surface area contributed by atoms with E-state index in [0.29, 0.717) is 31.1 Å². The van der Waals surface area contributed by atoms with E-state index in [1.54, 1.807) is 6.92 Å². The van der Waals surface area contributed by atoms with Crippen LogP contribution in [0, 0.1) is 12.0 Å². The highest BCUT2D eigenvalue weighted by Gasteiger charge is 2.20. The summed E-state index contributed by atoms with van der Waals surface area (Å²) in [4.78, 5) is 17.8. The maximum atomic E-state index is 13.0. The fourth-order valence-corrected chi connectivity index (χ4v) is 4.39. The largest absolute Gasteiger partial charge is 0.408 e. The average Bonchev–Trinajstić information content (AvgIpc) is 3.24. The Kier molecular flexibility index (Phi) is 8.09. The highest BCUT2D eigenvalue weighted by atomic mass is 35.5. The minimum atomic E-state index is -0.248. The van der Waals surface area contributed by atoms with E-state index >= 15 is 0 Å². The number of amides is 1. The van der Waals surface area contributed by atoms with E-state index in [-0.39, 0.29) is 18.3 Å². The van der Waals surface area contributed by atoms with Gasteiger partial charge in [-0.3, -0.25) is 4.79 Å². The fourth-order valence-electron chi connectivity index (χ4n) is 4.39. The molecule has 3 aromatic carbocycles. The molecule has 37 heavy (non-hydrogen) atoms. The van der Waals surface area contributed by atoms with Crippen LogP contribution in [0.5, 0.6) is 5.75 Å². The van der Waals surface area contributed by atoms with Crippen LogP contribution in [0.1, 0.15) is 23.0 Å². The summed E-state index contributed by atoms with van der Waals surface area (Å²) in [5, 5.41) is 4.89. The Morgan fingerprint density at radius 3 is 2.46 bits per heavy atom. The summed E-state index contributed by atoms with van der Waals surface area (Å²) in [5.74, 6) is 3.12. The van der Waals surface area contributed by atoms with Crippen LogP contribution >= 0.6 is 12.4 Å². The molecule has 0 atom stereocenters. The number of ether oxygens (including phenoxy) is 1. The predicted molar refractivity (Wildman–Crippen MR) is 151 cm³/mol. The van der Waals surface area contributed by atoms with Gasteiger partial charge in [-0.2, -0.15) is 0 Å². The first-order valence-corrected chi connectivity index (χ1v) is 11.8. The van der Waals surface area contributed by atoms with Crippen molar-refractivity contribution in [3.8, 4) is 29.0 Å². The Hall–Kier alpha value is -4.31. The number of fused-ring (bicyclic) bond motifs is 3. The van der Waals surface area contributed by atoms with Crippen molar-refractivity contribution in [1.29, 1.82) is 0 Å². The van der Waals surface area contributed by atoms with Gasteiger partial charge in [0.2, 0.25) is 0 Å². The molecule has 7 heteroatoms. The van der Waals surface area contributed by atoms with Crippen molar-refractivity contribution in [1.82, 2.24) is 14.9 Å². The summed E-state index contributed by atoms with van der Waals surface area (Å²) in [6.45, 7) is 3.14. The van der Waals surface area contributed by atoms with Gasteiger partial charge in [-0.05, 0) is 42.0 Å². The molecule has 0 aliphatic carbocycles. The van der Waals surface area contributed by atoms with Crippen molar-refractivity contribution in [2.45, 2.75) is 13.5 Å². The number of pyridine rings is 1. The van der Waals surface area contributed by atoms with E-state index in [9.17, 15) is 4.79 Å². The van der Waals surface area contributed by atoms with Crippen LogP contribution in [0.2, 0.25) is 0 Å². The first kappa shape index (κ1) is 25.8. The first-order chi connectivity index (χ1) is 17.7. The van der Waals surface area contributed by atoms with Crippen molar-refractivity contribution >= 4 is 40.1 Å². The van der Waals surface area contributed by atoms with E-state index in [0.717, 1.165) is 33.1 Å². The second-order valence-corrected chi connectivity index (χ2v) is 8.36. The zero-order chi connectivity index (χ0) is 24.9. The van der Waals surface area contributed by atoms with E-state index in [1.165, 1.54) is 5.56 Å². The molecule has 3 N–H and O–H groups in total. The summed E-state index contributed by atoms with van der Waals surface area (Å²) >= 11 is 0. The Morgan fingerprint density at radius 1 is 1.00 bits per heavy atom. The van der Waals surface area contributed by atoms with Crippen LogP contribution in [-0.4, -0.2) is 28.5 Å². The SMILES string of the molecule is CC#COc1ccc(-c2nc(C(=O)NCCN)cc3c4ccccc4n(Cc4ccccc4)c23)cc1.Cl. The summed E-state index contributed by atoms with van der Waals surface area (Å²) in [5.41, 5.74) is 10.8. The second-order valence-electron chi connectivity index (χ2n) is 8.36. The molecule has 0 radical (unpaired) electrons. The smallest absolute Gasteiger partial charge is 0.269 e. The number of nitrogens with one attached hydrogen (secondary N) is 1. The van der Waals surface area contributed by atoms with Gasteiger partial charge in [-0.25, -0.2) is 4.98 Å². The number of hydrogen-bond donors (Lipinski definition) is 2. The van der Waals surface area contributed by atoms with Crippen LogP contribution in [0.4, 0.5) is 0 Å². The molecule has 2 heterocycles. The number of nitrogens with two attached hydrogens (primary N) is 1. The molecule has 1 amide bonds. The van der Waals surface area contributed by atoms with Crippen LogP contribution in [0.15, 0.2) is 84.9 Å². The third kappa shape index (κ3) is 5.29. The van der Waals surface area contributed by atoms with Gasteiger partial charge in [0.25, 0.3) is 5.91 Å². The highest BCUT2D eigenvalue weighted by Crippen LogP contribution is 2.36. The molecular weight excluding hydrogens is 484 g/mol. The number of carbonyl (C=O) groups is 1. The Bertz CT molecular complexity index is 1600. The van der Waals surface area contributed by atoms with E-state index in [4.69, 9.17) is 15.5 Å². The van der Waals surface area contributed by atoms with Crippen molar-refractivity contribution in [2.24, 2.45) is 5.73 Å². The van der Waals surface area contributed by atoms with Crippen molar-refractivity contribution in [3.63, 3.8) is 0 Å². The van der Waals surface area contributed by atoms with Gasteiger partial charge in [-0.1, -0.05) is 54.5 Å². The molecular formula is C30H27ClN4O2. The van der Waals surface area contributed by atoms with Crippen LogP contribution < -0.4 is 15.8 Å². The Labute approximate surface area is 221 Å². The number of aromatic nitrogens is 2. The summed E-state index contributed by atoms with van der Waals surface area (Å²) in [7, 11) is 0. The van der Waals surface area contributed by atoms with E-state index < -0.39 is 0 Å². The first-order valence-electron chi connectivity index (χ1n) is 11.8. The molecule has 0 unspecified atom stereocenters.